The van der Waals surface area contributed by atoms with Crippen molar-refractivity contribution in [3.8, 4) is 0 Å². The smallest absolute Gasteiger partial charge is 0.283 e. The Labute approximate surface area is 120 Å². The predicted molar refractivity (Wildman–Crippen MR) is 80.4 cm³/mol. The van der Waals surface area contributed by atoms with Crippen molar-refractivity contribution in [3.63, 3.8) is 0 Å². The summed E-state index contributed by atoms with van der Waals surface area (Å²) >= 11 is 5.20. The number of aromatic nitrogens is 2. The van der Waals surface area contributed by atoms with Gasteiger partial charge in [-0.2, -0.15) is 16.9 Å². The fraction of sp³-hybridized carbons (Fsp3) is 0.667. The highest BCUT2D eigenvalue weighted by molar-refractivity contribution is 9.10. The quantitative estimate of drug-likeness (QED) is 0.780. The van der Waals surface area contributed by atoms with E-state index < -0.39 is 0 Å². The third-order valence-corrected chi connectivity index (χ3v) is 4.42. The molecule has 0 radical (unpaired) electrons. The lowest BCUT2D eigenvalue weighted by Crippen LogP contribution is -2.25. The highest BCUT2D eigenvalue weighted by Gasteiger charge is 2.23. The molecule has 1 aromatic rings. The van der Waals surface area contributed by atoms with Crippen molar-refractivity contribution >= 4 is 33.4 Å². The molecular formula is C12H18BrN3OS. The summed E-state index contributed by atoms with van der Waals surface area (Å²) in [5.74, 6) is 1.78. The molecule has 1 heterocycles. The van der Waals surface area contributed by atoms with Crippen molar-refractivity contribution < 1.29 is 0 Å². The number of nitrogens with one attached hydrogen (secondary N) is 1. The maximum Gasteiger partial charge on any atom is 0.283 e. The van der Waals surface area contributed by atoms with Crippen molar-refractivity contribution in [2.45, 2.75) is 25.8 Å². The van der Waals surface area contributed by atoms with Crippen LogP contribution in [0.4, 0.5) is 5.69 Å². The van der Waals surface area contributed by atoms with Gasteiger partial charge in [0.2, 0.25) is 0 Å². The van der Waals surface area contributed by atoms with Gasteiger partial charge >= 0.3 is 0 Å². The van der Waals surface area contributed by atoms with Crippen LogP contribution in [0.1, 0.15) is 19.3 Å². The minimum Gasteiger partial charge on any atom is -0.383 e. The number of hydrogen-bond donors (Lipinski definition) is 1. The van der Waals surface area contributed by atoms with E-state index in [9.17, 15) is 4.79 Å². The first-order chi connectivity index (χ1) is 8.72. The van der Waals surface area contributed by atoms with E-state index in [1.54, 1.807) is 10.9 Å². The molecule has 1 aliphatic carbocycles. The first-order valence-electron chi connectivity index (χ1n) is 6.21. The van der Waals surface area contributed by atoms with Crippen LogP contribution >= 0.6 is 27.7 Å². The summed E-state index contributed by atoms with van der Waals surface area (Å²) in [6.45, 7) is 1.62. The number of anilines is 1. The van der Waals surface area contributed by atoms with Gasteiger partial charge in [-0.3, -0.25) is 4.79 Å². The zero-order valence-corrected chi connectivity index (χ0v) is 12.9. The van der Waals surface area contributed by atoms with Crippen molar-refractivity contribution in [2.24, 2.45) is 5.92 Å². The maximum atomic E-state index is 12.1. The molecule has 0 atom stereocenters. The van der Waals surface area contributed by atoms with E-state index >= 15 is 0 Å². The Kier molecular flexibility index (Phi) is 5.12. The van der Waals surface area contributed by atoms with Crippen LogP contribution in [0, 0.1) is 5.92 Å². The Morgan fingerprint density at radius 2 is 2.39 bits per heavy atom. The molecule has 0 aliphatic heterocycles. The van der Waals surface area contributed by atoms with Crippen LogP contribution in [0.15, 0.2) is 15.5 Å². The fourth-order valence-electron chi connectivity index (χ4n) is 1.70. The molecule has 0 saturated heterocycles. The summed E-state index contributed by atoms with van der Waals surface area (Å²) in [4.78, 5) is 12.1. The Morgan fingerprint density at radius 3 is 3.06 bits per heavy atom. The Balaban J connectivity index is 1.98. The van der Waals surface area contributed by atoms with E-state index in [1.165, 1.54) is 12.8 Å². The van der Waals surface area contributed by atoms with E-state index in [0.717, 1.165) is 31.0 Å². The molecule has 0 unspecified atom stereocenters. The lowest BCUT2D eigenvalue weighted by molar-refractivity contribution is 0.532. The van der Waals surface area contributed by atoms with Gasteiger partial charge in [-0.05, 0) is 53.1 Å². The van der Waals surface area contributed by atoms with Crippen molar-refractivity contribution in [2.75, 3.05) is 23.9 Å². The van der Waals surface area contributed by atoms with E-state index in [-0.39, 0.29) is 5.56 Å². The number of hydrogen-bond acceptors (Lipinski definition) is 4. The molecule has 0 bridgehead atoms. The van der Waals surface area contributed by atoms with Gasteiger partial charge in [-0.25, -0.2) is 4.68 Å². The second-order valence-corrected chi connectivity index (χ2v) is 6.35. The minimum absolute atomic E-state index is 0.0308. The van der Waals surface area contributed by atoms with Crippen LogP contribution in [0.2, 0.25) is 0 Å². The van der Waals surface area contributed by atoms with Crippen molar-refractivity contribution in [1.82, 2.24) is 9.78 Å². The third-order valence-electron chi connectivity index (χ3n) is 2.95. The molecule has 1 aliphatic rings. The number of nitrogens with zero attached hydrogens (tertiary/aromatic N) is 2. The van der Waals surface area contributed by atoms with Gasteiger partial charge < -0.3 is 5.32 Å². The summed E-state index contributed by atoms with van der Waals surface area (Å²) in [6.07, 6.45) is 7.36. The first kappa shape index (κ1) is 13.9. The van der Waals surface area contributed by atoms with E-state index in [0.29, 0.717) is 10.4 Å². The van der Waals surface area contributed by atoms with Crippen LogP contribution in [0.25, 0.3) is 0 Å². The van der Waals surface area contributed by atoms with Gasteiger partial charge in [-0.1, -0.05) is 0 Å². The number of halogens is 1. The normalized spacial score (nSPS) is 14.8. The minimum atomic E-state index is -0.0308. The summed E-state index contributed by atoms with van der Waals surface area (Å²) in [5, 5.41) is 7.47. The van der Waals surface area contributed by atoms with Gasteiger partial charge in [0.05, 0.1) is 11.9 Å². The molecule has 100 valence electrons. The average molecular weight is 332 g/mol. The molecule has 0 spiro atoms. The third kappa shape index (κ3) is 3.75. The molecule has 0 amide bonds. The zero-order valence-electron chi connectivity index (χ0n) is 10.5. The Bertz CT molecular complexity index is 459. The molecule has 1 aromatic heterocycles. The SMILES string of the molecule is CSCCCNc1cnn(CC2CC2)c(=O)c1Br. The van der Waals surface area contributed by atoms with E-state index in [1.807, 2.05) is 11.8 Å². The second kappa shape index (κ2) is 6.61. The van der Waals surface area contributed by atoms with Crippen molar-refractivity contribution in [3.05, 3.63) is 21.0 Å². The van der Waals surface area contributed by atoms with Crippen LogP contribution in [-0.2, 0) is 6.54 Å². The molecular weight excluding hydrogens is 314 g/mol. The average Bonchev–Trinajstić information content (AvgIpc) is 3.17. The first-order valence-corrected chi connectivity index (χ1v) is 8.39. The van der Waals surface area contributed by atoms with Gasteiger partial charge in [0.15, 0.2) is 0 Å². The van der Waals surface area contributed by atoms with Gasteiger partial charge in [0.25, 0.3) is 5.56 Å². The Morgan fingerprint density at radius 1 is 1.61 bits per heavy atom. The van der Waals surface area contributed by atoms with Crippen LogP contribution in [0.3, 0.4) is 0 Å². The summed E-state index contributed by atoms with van der Waals surface area (Å²) < 4.78 is 2.16. The standard InChI is InChI=1S/C12H18BrN3OS/c1-18-6-2-5-14-10-7-15-16(8-9-3-4-9)12(17)11(10)13/h7,9,14H,2-6,8H2,1H3. The van der Waals surface area contributed by atoms with Crippen LogP contribution in [0.5, 0.6) is 0 Å². The molecule has 18 heavy (non-hydrogen) atoms. The molecule has 1 fully saturated rings. The number of rotatable bonds is 7. The topological polar surface area (TPSA) is 46.9 Å². The molecule has 1 N–H and O–H groups in total. The molecule has 1 saturated carbocycles. The largest absolute Gasteiger partial charge is 0.383 e. The van der Waals surface area contributed by atoms with E-state index in [4.69, 9.17) is 0 Å². The Hall–Kier alpha value is -0.490. The second-order valence-electron chi connectivity index (χ2n) is 4.58. The molecule has 0 aromatic carbocycles. The molecule has 4 nitrogen and oxygen atoms in total. The summed E-state index contributed by atoms with van der Waals surface area (Å²) in [7, 11) is 0. The van der Waals surface area contributed by atoms with Crippen molar-refractivity contribution in [1.29, 1.82) is 0 Å². The number of thioether (sulfide) groups is 1. The van der Waals surface area contributed by atoms with Gasteiger partial charge in [0, 0.05) is 13.1 Å². The summed E-state index contributed by atoms with van der Waals surface area (Å²) in [6, 6.07) is 0. The highest BCUT2D eigenvalue weighted by Crippen LogP contribution is 2.30. The van der Waals surface area contributed by atoms with Gasteiger partial charge in [-0.15, -0.1) is 0 Å². The fourth-order valence-corrected chi connectivity index (χ4v) is 2.58. The lowest BCUT2D eigenvalue weighted by Gasteiger charge is -2.09. The molecule has 6 heteroatoms. The van der Waals surface area contributed by atoms with Crippen LogP contribution in [-0.4, -0.2) is 28.3 Å². The molecule has 2 rings (SSSR count). The van der Waals surface area contributed by atoms with Gasteiger partial charge in [0.1, 0.15) is 4.47 Å². The summed E-state index contributed by atoms with van der Waals surface area (Å²) in [5.41, 5.74) is 0.768. The van der Waals surface area contributed by atoms with E-state index in [2.05, 4.69) is 32.6 Å². The maximum absolute atomic E-state index is 12.1. The van der Waals surface area contributed by atoms with Crippen LogP contribution < -0.4 is 10.9 Å². The predicted octanol–water partition coefficient (Wildman–Crippen LogP) is 2.58. The highest BCUT2D eigenvalue weighted by atomic mass is 79.9. The lowest BCUT2D eigenvalue weighted by atomic mass is 10.4. The zero-order chi connectivity index (χ0) is 13.0. The monoisotopic (exact) mass is 331 g/mol.